The summed E-state index contributed by atoms with van der Waals surface area (Å²) in [6.45, 7) is 2.63. The number of aliphatic hydroxyl groups excluding tert-OH is 1. The van der Waals surface area contributed by atoms with E-state index >= 15 is 0 Å². The van der Waals surface area contributed by atoms with Crippen molar-refractivity contribution in [3.05, 3.63) is 111 Å². The highest BCUT2D eigenvalue weighted by Crippen LogP contribution is 2.40. The van der Waals surface area contributed by atoms with Crippen LogP contribution in [0, 0.1) is 6.92 Å². The van der Waals surface area contributed by atoms with Crippen molar-refractivity contribution in [2.45, 2.75) is 50.8 Å². The number of aryl methyl sites for hydroxylation is 1. The van der Waals surface area contributed by atoms with Gasteiger partial charge in [-0.25, -0.2) is 4.98 Å². The van der Waals surface area contributed by atoms with E-state index in [0.717, 1.165) is 22.0 Å². The second kappa shape index (κ2) is 13.3. The summed E-state index contributed by atoms with van der Waals surface area (Å²) in [6, 6.07) is 18.1. The molecule has 42 heavy (non-hydrogen) atoms. The first-order valence-corrected chi connectivity index (χ1v) is 15.1. The van der Waals surface area contributed by atoms with Gasteiger partial charge in [-0.1, -0.05) is 36.4 Å². The molecule has 1 saturated carbocycles. The fraction of sp³-hybridized carbons (Fsp3) is 0.333. The Kier molecular flexibility index (Phi) is 9.29. The molecule has 4 aromatic rings. The number of carbonyl (C=O) groups excluding carboxylic acids is 2. The van der Waals surface area contributed by atoms with Gasteiger partial charge in [-0.05, 0) is 67.5 Å². The second-order valence-corrected chi connectivity index (χ2v) is 12.0. The fourth-order valence-electron chi connectivity index (χ4n) is 4.97. The SMILES string of the molecule is Cc1csc(CN(C)C(=O)c2cccc(C(=O)N[C@@H](Cc3ccccc3)[C@H](O)CN(C)c3cncc(C4CC4)c3)c2)n1. The largest absolute Gasteiger partial charge is 0.389 e. The number of nitrogens with zero attached hydrogens (tertiary/aromatic N) is 4. The zero-order valence-electron chi connectivity index (χ0n) is 24.2. The van der Waals surface area contributed by atoms with E-state index in [1.54, 1.807) is 42.4 Å². The maximum Gasteiger partial charge on any atom is 0.253 e. The Morgan fingerprint density at radius 1 is 1.05 bits per heavy atom. The maximum atomic E-state index is 13.5. The molecule has 1 fully saturated rings. The molecule has 218 valence electrons. The fourth-order valence-corrected chi connectivity index (χ4v) is 5.80. The first kappa shape index (κ1) is 29.4. The standard InChI is InChI=1S/C33H37N5O3S/c1-22-21-42-31(35-22)20-38(3)33(41)26-11-7-10-25(15-26)32(40)36-29(14-23-8-5-4-6-9-23)30(39)19-37(2)28-16-27(17-34-18-28)24-12-13-24/h4-11,15-18,21,24,29-30,39H,12-14,19-20H2,1-3H3,(H,36,40)/t29-,30+/m0/s1. The molecular weight excluding hydrogens is 546 g/mol. The number of pyridine rings is 1. The minimum atomic E-state index is -0.860. The Hall–Kier alpha value is -4.08. The van der Waals surface area contributed by atoms with Gasteiger partial charge in [0, 0.05) is 49.0 Å². The molecule has 2 aromatic heterocycles. The number of rotatable bonds is 12. The highest BCUT2D eigenvalue weighted by atomic mass is 32.1. The normalized spacial score (nSPS) is 14.2. The lowest BCUT2D eigenvalue weighted by molar-refractivity contribution is 0.0785. The van der Waals surface area contributed by atoms with Gasteiger partial charge in [-0.2, -0.15) is 0 Å². The van der Waals surface area contributed by atoms with Crippen LogP contribution in [-0.2, 0) is 13.0 Å². The maximum absolute atomic E-state index is 13.5. The van der Waals surface area contributed by atoms with Crippen molar-refractivity contribution >= 4 is 28.8 Å². The summed E-state index contributed by atoms with van der Waals surface area (Å²) in [4.78, 5) is 39.1. The third-order valence-electron chi connectivity index (χ3n) is 7.53. The number of aliphatic hydroxyl groups is 1. The molecule has 5 rings (SSSR count). The van der Waals surface area contributed by atoms with Crippen molar-refractivity contribution in [3.8, 4) is 0 Å². The number of hydrogen-bond acceptors (Lipinski definition) is 7. The molecule has 0 spiro atoms. The van der Waals surface area contributed by atoms with Gasteiger partial charge in [-0.3, -0.25) is 14.6 Å². The smallest absolute Gasteiger partial charge is 0.253 e. The van der Waals surface area contributed by atoms with E-state index in [9.17, 15) is 14.7 Å². The van der Waals surface area contributed by atoms with E-state index in [4.69, 9.17) is 0 Å². The molecule has 1 aliphatic rings. The first-order valence-electron chi connectivity index (χ1n) is 14.2. The molecule has 8 nitrogen and oxygen atoms in total. The van der Waals surface area contributed by atoms with Crippen molar-refractivity contribution in [3.63, 3.8) is 0 Å². The van der Waals surface area contributed by atoms with Crippen LogP contribution >= 0.6 is 11.3 Å². The van der Waals surface area contributed by atoms with Crippen LogP contribution in [0.5, 0.6) is 0 Å². The molecule has 2 aromatic carbocycles. The molecule has 2 atom stereocenters. The van der Waals surface area contributed by atoms with Crippen LogP contribution < -0.4 is 10.2 Å². The molecule has 0 aliphatic heterocycles. The van der Waals surface area contributed by atoms with Crippen molar-refractivity contribution in [1.29, 1.82) is 0 Å². The summed E-state index contributed by atoms with van der Waals surface area (Å²) < 4.78 is 0. The quantitative estimate of drug-likeness (QED) is 0.248. The Morgan fingerprint density at radius 3 is 2.52 bits per heavy atom. The zero-order chi connectivity index (χ0) is 29.6. The lowest BCUT2D eigenvalue weighted by Gasteiger charge is -2.29. The number of nitrogens with one attached hydrogen (secondary N) is 1. The lowest BCUT2D eigenvalue weighted by atomic mass is 9.99. The van der Waals surface area contributed by atoms with Gasteiger partial charge in [0.2, 0.25) is 0 Å². The Bertz CT molecular complexity index is 1520. The molecule has 0 unspecified atom stereocenters. The van der Waals surface area contributed by atoms with Crippen molar-refractivity contribution in [1.82, 2.24) is 20.2 Å². The average Bonchev–Trinajstić information content (AvgIpc) is 3.78. The zero-order valence-corrected chi connectivity index (χ0v) is 25.1. The van der Waals surface area contributed by atoms with Crippen LogP contribution in [0.25, 0.3) is 0 Å². The topological polar surface area (TPSA) is 98.7 Å². The summed E-state index contributed by atoms with van der Waals surface area (Å²) in [5.41, 5.74) is 4.87. The molecule has 9 heteroatoms. The number of amides is 2. The molecule has 0 radical (unpaired) electrons. The summed E-state index contributed by atoms with van der Waals surface area (Å²) >= 11 is 1.52. The van der Waals surface area contributed by atoms with Crippen LogP contribution in [0.1, 0.15) is 61.3 Å². The highest BCUT2D eigenvalue weighted by molar-refractivity contribution is 7.09. The first-order chi connectivity index (χ1) is 20.3. The number of hydrogen-bond donors (Lipinski definition) is 2. The van der Waals surface area contributed by atoms with Gasteiger partial charge in [0.1, 0.15) is 5.01 Å². The monoisotopic (exact) mass is 583 g/mol. The summed E-state index contributed by atoms with van der Waals surface area (Å²) in [5, 5.41) is 17.3. The van der Waals surface area contributed by atoms with Crippen molar-refractivity contribution in [2.75, 3.05) is 25.5 Å². The highest BCUT2D eigenvalue weighted by Gasteiger charge is 2.27. The predicted molar refractivity (Wildman–Crippen MR) is 166 cm³/mol. The Morgan fingerprint density at radius 2 is 1.81 bits per heavy atom. The average molecular weight is 584 g/mol. The van der Waals surface area contributed by atoms with Gasteiger partial charge in [0.15, 0.2) is 0 Å². The van der Waals surface area contributed by atoms with Crippen LogP contribution in [0.4, 0.5) is 5.69 Å². The van der Waals surface area contributed by atoms with Gasteiger partial charge in [-0.15, -0.1) is 11.3 Å². The van der Waals surface area contributed by atoms with Gasteiger partial charge < -0.3 is 20.2 Å². The van der Waals surface area contributed by atoms with E-state index in [0.29, 0.717) is 36.6 Å². The molecular formula is C33H37N5O3S. The van der Waals surface area contributed by atoms with Gasteiger partial charge in [0.05, 0.1) is 30.6 Å². The summed E-state index contributed by atoms with van der Waals surface area (Å²) in [6.07, 6.45) is 5.70. The molecule has 2 heterocycles. The Balaban J connectivity index is 1.29. The van der Waals surface area contributed by atoms with Crippen molar-refractivity contribution in [2.24, 2.45) is 0 Å². The van der Waals surface area contributed by atoms with Crippen molar-refractivity contribution < 1.29 is 14.7 Å². The summed E-state index contributed by atoms with van der Waals surface area (Å²) in [7, 11) is 3.65. The molecule has 2 amide bonds. The van der Waals surface area contributed by atoms with Crippen LogP contribution in [-0.4, -0.2) is 64.6 Å². The van der Waals surface area contributed by atoms with Crippen LogP contribution in [0.3, 0.4) is 0 Å². The molecule has 0 saturated heterocycles. The summed E-state index contributed by atoms with van der Waals surface area (Å²) in [5.74, 6) is 0.0461. The number of carbonyl (C=O) groups is 2. The van der Waals surface area contributed by atoms with E-state index in [1.807, 2.05) is 60.8 Å². The minimum Gasteiger partial charge on any atom is -0.389 e. The van der Waals surface area contributed by atoms with E-state index < -0.39 is 12.1 Å². The van der Waals surface area contributed by atoms with E-state index in [-0.39, 0.29) is 11.8 Å². The second-order valence-electron chi connectivity index (χ2n) is 11.1. The molecule has 1 aliphatic carbocycles. The molecule has 2 N–H and O–H groups in total. The number of thiazole rings is 1. The number of likely N-dealkylation sites (N-methyl/N-ethyl adjacent to an activating group) is 1. The van der Waals surface area contributed by atoms with E-state index in [2.05, 4.69) is 21.4 Å². The third-order valence-corrected chi connectivity index (χ3v) is 8.48. The third kappa shape index (κ3) is 7.60. The van der Waals surface area contributed by atoms with Gasteiger partial charge in [0.25, 0.3) is 11.8 Å². The minimum absolute atomic E-state index is 0.193. The predicted octanol–water partition coefficient (Wildman–Crippen LogP) is 4.83. The van der Waals surface area contributed by atoms with Gasteiger partial charge >= 0.3 is 0 Å². The number of benzene rings is 2. The number of anilines is 1. The van der Waals surface area contributed by atoms with E-state index in [1.165, 1.54) is 29.7 Å². The Labute approximate surface area is 251 Å². The number of aromatic nitrogens is 2. The molecule has 0 bridgehead atoms. The lowest BCUT2D eigenvalue weighted by Crippen LogP contribution is -2.49. The van der Waals surface area contributed by atoms with Crippen LogP contribution in [0.2, 0.25) is 0 Å². The van der Waals surface area contributed by atoms with Crippen LogP contribution in [0.15, 0.2) is 78.4 Å².